The van der Waals surface area contributed by atoms with Crippen LogP contribution in [0, 0.1) is 0 Å². The fourth-order valence-corrected chi connectivity index (χ4v) is 1.86. The summed E-state index contributed by atoms with van der Waals surface area (Å²) in [4.78, 5) is 11.1. The average molecular weight is 252 g/mol. The molecule has 17 heavy (non-hydrogen) atoms. The molecule has 0 atom stereocenters. The highest BCUT2D eigenvalue weighted by molar-refractivity contribution is 6.33. The zero-order chi connectivity index (χ0) is 12.6. The number of phenolic OH excluding ortho intramolecular Hbond substituents is 1. The maximum atomic E-state index is 11.1. The van der Waals surface area contributed by atoms with E-state index in [0.717, 1.165) is 0 Å². The molecule has 1 aromatic carbocycles. The second-order valence-corrected chi connectivity index (χ2v) is 3.97. The standard InChI is InChI=1S/C11H10ClN3O2/c1-15-10(8(12)5-14-15)7-4-6(11(13)17)2-3-9(7)16/h2-5,16H,1H3,(H2,13,17). The number of primary amides is 1. The highest BCUT2D eigenvalue weighted by atomic mass is 35.5. The van der Waals surface area contributed by atoms with Gasteiger partial charge in [-0.05, 0) is 18.2 Å². The van der Waals surface area contributed by atoms with Gasteiger partial charge in [0.05, 0.1) is 16.9 Å². The van der Waals surface area contributed by atoms with Gasteiger partial charge >= 0.3 is 0 Å². The number of aromatic nitrogens is 2. The zero-order valence-corrected chi connectivity index (χ0v) is 9.77. The lowest BCUT2D eigenvalue weighted by Gasteiger charge is -2.07. The Hall–Kier alpha value is -2.01. The summed E-state index contributed by atoms with van der Waals surface area (Å²) < 4.78 is 1.52. The second-order valence-electron chi connectivity index (χ2n) is 3.56. The molecule has 1 aromatic heterocycles. The number of hydrogen-bond acceptors (Lipinski definition) is 3. The summed E-state index contributed by atoms with van der Waals surface area (Å²) in [5, 5.41) is 14.1. The van der Waals surface area contributed by atoms with E-state index in [1.54, 1.807) is 7.05 Å². The van der Waals surface area contributed by atoms with Crippen LogP contribution in [0.15, 0.2) is 24.4 Å². The molecule has 6 heteroatoms. The van der Waals surface area contributed by atoms with E-state index in [-0.39, 0.29) is 5.75 Å². The van der Waals surface area contributed by atoms with Gasteiger partial charge < -0.3 is 10.8 Å². The minimum atomic E-state index is -0.565. The predicted octanol–water partition coefficient (Wildman–Crippen LogP) is 1.54. The third-order valence-electron chi connectivity index (χ3n) is 2.43. The molecule has 0 unspecified atom stereocenters. The third kappa shape index (κ3) is 1.97. The first-order chi connectivity index (χ1) is 8.00. The van der Waals surface area contributed by atoms with Gasteiger partial charge in [-0.3, -0.25) is 9.48 Å². The van der Waals surface area contributed by atoms with Crippen LogP contribution in [-0.4, -0.2) is 20.8 Å². The fraction of sp³-hybridized carbons (Fsp3) is 0.0909. The highest BCUT2D eigenvalue weighted by Crippen LogP contribution is 2.34. The van der Waals surface area contributed by atoms with Gasteiger partial charge in [0.2, 0.25) is 5.91 Å². The summed E-state index contributed by atoms with van der Waals surface area (Å²) >= 11 is 5.97. The number of benzene rings is 1. The van der Waals surface area contributed by atoms with Gasteiger partial charge in [-0.1, -0.05) is 11.6 Å². The molecular formula is C11H10ClN3O2. The number of nitrogens with two attached hydrogens (primary N) is 1. The van der Waals surface area contributed by atoms with Gasteiger partial charge in [-0.2, -0.15) is 5.10 Å². The van der Waals surface area contributed by atoms with Crippen LogP contribution in [0.2, 0.25) is 5.02 Å². The van der Waals surface area contributed by atoms with E-state index in [0.29, 0.717) is 21.8 Å². The largest absolute Gasteiger partial charge is 0.507 e. The number of rotatable bonds is 2. The van der Waals surface area contributed by atoms with Crippen molar-refractivity contribution in [3.63, 3.8) is 0 Å². The average Bonchev–Trinajstić information content (AvgIpc) is 2.59. The van der Waals surface area contributed by atoms with Crippen LogP contribution in [0.25, 0.3) is 11.3 Å². The summed E-state index contributed by atoms with van der Waals surface area (Å²) in [6.45, 7) is 0. The number of amides is 1. The van der Waals surface area contributed by atoms with Crippen LogP contribution in [-0.2, 0) is 7.05 Å². The Bertz CT molecular complexity index is 573. The molecule has 0 radical (unpaired) electrons. The Morgan fingerprint density at radius 1 is 1.53 bits per heavy atom. The molecule has 0 aliphatic rings. The molecule has 0 fully saturated rings. The molecule has 0 bridgehead atoms. The van der Waals surface area contributed by atoms with Gasteiger partial charge in [-0.15, -0.1) is 0 Å². The third-order valence-corrected chi connectivity index (χ3v) is 2.71. The van der Waals surface area contributed by atoms with Crippen LogP contribution in [0.1, 0.15) is 10.4 Å². The highest BCUT2D eigenvalue weighted by Gasteiger charge is 2.15. The SMILES string of the molecule is Cn1ncc(Cl)c1-c1cc(C(N)=O)ccc1O. The van der Waals surface area contributed by atoms with Crippen LogP contribution in [0.3, 0.4) is 0 Å². The number of carbonyl (C=O) groups is 1. The van der Waals surface area contributed by atoms with E-state index in [1.165, 1.54) is 29.1 Å². The van der Waals surface area contributed by atoms with E-state index in [4.69, 9.17) is 17.3 Å². The van der Waals surface area contributed by atoms with Crippen molar-refractivity contribution < 1.29 is 9.90 Å². The minimum absolute atomic E-state index is 0.0144. The van der Waals surface area contributed by atoms with E-state index in [2.05, 4.69) is 5.10 Å². The molecule has 1 heterocycles. The monoisotopic (exact) mass is 251 g/mol. The van der Waals surface area contributed by atoms with Gasteiger partial charge in [0.25, 0.3) is 0 Å². The molecule has 1 amide bonds. The van der Waals surface area contributed by atoms with Crippen molar-refractivity contribution in [2.75, 3.05) is 0 Å². The maximum Gasteiger partial charge on any atom is 0.248 e. The van der Waals surface area contributed by atoms with Crippen molar-refractivity contribution in [1.29, 1.82) is 0 Å². The number of carbonyl (C=O) groups excluding carboxylic acids is 1. The Morgan fingerprint density at radius 3 is 2.76 bits per heavy atom. The van der Waals surface area contributed by atoms with Crippen LogP contribution in [0.4, 0.5) is 0 Å². The Balaban J connectivity index is 2.66. The minimum Gasteiger partial charge on any atom is -0.507 e. The Labute approximate surface area is 102 Å². The Kier molecular flexibility index (Phi) is 2.77. The number of nitrogens with zero attached hydrogens (tertiary/aromatic N) is 2. The molecule has 0 saturated carbocycles. The molecule has 5 nitrogen and oxygen atoms in total. The summed E-state index contributed by atoms with van der Waals surface area (Å²) in [6, 6.07) is 4.34. The predicted molar refractivity (Wildman–Crippen MR) is 63.8 cm³/mol. The Morgan fingerprint density at radius 2 is 2.24 bits per heavy atom. The lowest BCUT2D eigenvalue weighted by atomic mass is 10.1. The first-order valence-electron chi connectivity index (χ1n) is 4.81. The molecule has 2 rings (SSSR count). The number of phenols is 1. The van der Waals surface area contributed by atoms with E-state index < -0.39 is 5.91 Å². The first kappa shape index (κ1) is 11.5. The summed E-state index contributed by atoms with van der Waals surface area (Å²) in [7, 11) is 1.69. The van der Waals surface area contributed by atoms with Crippen LogP contribution in [0.5, 0.6) is 5.75 Å². The van der Waals surface area contributed by atoms with Crippen LogP contribution >= 0.6 is 11.6 Å². The summed E-state index contributed by atoms with van der Waals surface area (Å²) in [5.41, 5.74) is 6.44. The van der Waals surface area contributed by atoms with Crippen molar-refractivity contribution in [2.24, 2.45) is 12.8 Å². The van der Waals surface area contributed by atoms with Gasteiger partial charge in [0, 0.05) is 18.2 Å². The topological polar surface area (TPSA) is 81.1 Å². The second kappa shape index (κ2) is 4.10. The van der Waals surface area contributed by atoms with E-state index >= 15 is 0 Å². The van der Waals surface area contributed by atoms with Crippen molar-refractivity contribution >= 4 is 17.5 Å². The lowest BCUT2D eigenvalue weighted by Crippen LogP contribution is -2.10. The number of aryl methyl sites for hydroxylation is 1. The number of aromatic hydroxyl groups is 1. The molecule has 3 N–H and O–H groups in total. The normalized spacial score (nSPS) is 10.5. The van der Waals surface area contributed by atoms with E-state index in [9.17, 15) is 9.90 Å². The number of halogens is 1. The van der Waals surface area contributed by atoms with Gasteiger partial charge in [0.1, 0.15) is 5.75 Å². The zero-order valence-electron chi connectivity index (χ0n) is 9.01. The van der Waals surface area contributed by atoms with E-state index in [1.807, 2.05) is 0 Å². The van der Waals surface area contributed by atoms with Crippen molar-refractivity contribution in [1.82, 2.24) is 9.78 Å². The molecule has 0 aliphatic carbocycles. The van der Waals surface area contributed by atoms with Crippen molar-refractivity contribution in [3.05, 3.63) is 35.0 Å². The van der Waals surface area contributed by atoms with Crippen molar-refractivity contribution in [3.8, 4) is 17.0 Å². The molecule has 88 valence electrons. The fourth-order valence-electron chi connectivity index (χ4n) is 1.59. The lowest BCUT2D eigenvalue weighted by molar-refractivity contribution is 0.100. The summed E-state index contributed by atoms with van der Waals surface area (Å²) in [6.07, 6.45) is 1.47. The van der Waals surface area contributed by atoms with Crippen molar-refractivity contribution in [2.45, 2.75) is 0 Å². The quantitative estimate of drug-likeness (QED) is 0.850. The van der Waals surface area contributed by atoms with Gasteiger partial charge in [-0.25, -0.2) is 0 Å². The molecule has 2 aromatic rings. The smallest absolute Gasteiger partial charge is 0.248 e. The maximum absolute atomic E-state index is 11.1. The van der Waals surface area contributed by atoms with Crippen LogP contribution < -0.4 is 5.73 Å². The molecular weight excluding hydrogens is 242 g/mol. The molecule has 0 aliphatic heterocycles. The summed E-state index contributed by atoms with van der Waals surface area (Å²) in [5.74, 6) is -0.551. The molecule has 0 spiro atoms. The first-order valence-corrected chi connectivity index (χ1v) is 5.19. The van der Waals surface area contributed by atoms with Gasteiger partial charge in [0.15, 0.2) is 0 Å². The molecule has 0 saturated heterocycles. The number of hydrogen-bond donors (Lipinski definition) is 2.